The molecule has 1 aliphatic rings. The Balaban J connectivity index is 2.01. The minimum atomic E-state index is -0.490. The summed E-state index contributed by atoms with van der Waals surface area (Å²) in [6, 6.07) is 7.29. The predicted octanol–water partition coefficient (Wildman–Crippen LogP) is 2.27. The standard InChI is InChI=1S/C14H18FNO/c15-10-13-4-2-1-3-12(13)9-14(17)11-5-7-16-8-6-11/h1-4,11,16H,5-10H2. The Hall–Kier alpha value is -1.22. The monoisotopic (exact) mass is 235 g/mol. The van der Waals surface area contributed by atoms with Crippen LogP contribution in [-0.4, -0.2) is 18.9 Å². The summed E-state index contributed by atoms with van der Waals surface area (Å²) in [5, 5.41) is 3.24. The maximum Gasteiger partial charge on any atom is 0.140 e. The highest BCUT2D eigenvalue weighted by atomic mass is 19.1. The van der Waals surface area contributed by atoms with Gasteiger partial charge in [0.2, 0.25) is 0 Å². The minimum absolute atomic E-state index is 0.156. The van der Waals surface area contributed by atoms with Crippen LogP contribution in [0.4, 0.5) is 4.39 Å². The molecule has 0 amide bonds. The smallest absolute Gasteiger partial charge is 0.140 e. The third-order valence-corrected chi connectivity index (χ3v) is 3.42. The number of ketones is 1. The molecular weight excluding hydrogens is 217 g/mol. The highest BCUT2D eigenvalue weighted by molar-refractivity contribution is 5.83. The van der Waals surface area contributed by atoms with E-state index in [0.717, 1.165) is 31.5 Å². The Morgan fingerprint density at radius 1 is 1.24 bits per heavy atom. The van der Waals surface area contributed by atoms with Crippen LogP contribution in [0.15, 0.2) is 24.3 Å². The molecule has 92 valence electrons. The molecule has 2 rings (SSSR count). The van der Waals surface area contributed by atoms with Crippen LogP contribution in [0.3, 0.4) is 0 Å². The fourth-order valence-electron chi connectivity index (χ4n) is 2.34. The van der Waals surface area contributed by atoms with Gasteiger partial charge in [-0.3, -0.25) is 4.79 Å². The minimum Gasteiger partial charge on any atom is -0.317 e. The molecule has 3 heteroatoms. The van der Waals surface area contributed by atoms with Gasteiger partial charge in [0.15, 0.2) is 0 Å². The summed E-state index contributed by atoms with van der Waals surface area (Å²) in [6.07, 6.45) is 2.21. The molecule has 1 aromatic carbocycles. The van der Waals surface area contributed by atoms with Crippen LogP contribution in [0.25, 0.3) is 0 Å². The van der Waals surface area contributed by atoms with Gasteiger partial charge in [-0.2, -0.15) is 0 Å². The van der Waals surface area contributed by atoms with Crippen LogP contribution in [0.1, 0.15) is 24.0 Å². The van der Waals surface area contributed by atoms with Gasteiger partial charge in [0.25, 0.3) is 0 Å². The maximum atomic E-state index is 12.8. The van der Waals surface area contributed by atoms with Crippen molar-refractivity contribution < 1.29 is 9.18 Å². The maximum absolute atomic E-state index is 12.8. The molecule has 0 aromatic heterocycles. The Labute approximate surface area is 101 Å². The average molecular weight is 235 g/mol. The molecule has 0 atom stereocenters. The third kappa shape index (κ3) is 3.13. The molecule has 0 radical (unpaired) electrons. The van der Waals surface area contributed by atoms with Gasteiger partial charge in [-0.25, -0.2) is 4.39 Å². The zero-order chi connectivity index (χ0) is 12.1. The van der Waals surface area contributed by atoms with E-state index in [9.17, 15) is 9.18 Å². The lowest BCUT2D eigenvalue weighted by molar-refractivity contribution is -0.122. The second-order valence-electron chi connectivity index (χ2n) is 4.57. The van der Waals surface area contributed by atoms with Crippen molar-refractivity contribution in [2.24, 2.45) is 5.92 Å². The lowest BCUT2D eigenvalue weighted by Gasteiger charge is -2.21. The second-order valence-corrected chi connectivity index (χ2v) is 4.57. The number of nitrogens with one attached hydrogen (secondary N) is 1. The number of benzene rings is 1. The van der Waals surface area contributed by atoms with E-state index in [0.29, 0.717) is 12.0 Å². The number of alkyl halides is 1. The average Bonchev–Trinajstić information content (AvgIpc) is 2.40. The van der Waals surface area contributed by atoms with Crippen LogP contribution < -0.4 is 5.32 Å². The summed E-state index contributed by atoms with van der Waals surface area (Å²) in [5.41, 5.74) is 1.49. The van der Waals surface area contributed by atoms with Crippen molar-refractivity contribution in [3.8, 4) is 0 Å². The van der Waals surface area contributed by atoms with Crippen LogP contribution in [0.2, 0.25) is 0 Å². The number of hydrogen-bond acceptors (Lipinski definition) is 2. The molecule has 0 saturated carbocycles. The first-order chi connectivity index (χ1) is 8.31. The Morgan fingerprint density at radius 2 is 1.88 bits per heavy atom. The highest BCUT2D eigenvalue weighted by Gasteiger charge is 2.21. The Kier molecular flexibility index (Phi) is 4.26. The number of Topliss-reactive ketones (excluding diaryl/α,β-unsaturated/α-hetero) is 1. The van der Waals surface area contributed by atoms with Crippen molar-refractivity contribution in [3.05, 3.63) is 35.4 Å². The molecule has 1 heterocycles. The highest BCUT2D eigenvalue weighted by Crippen LogP contribution is 2.18. The number of rotatable bonds is 4. The summed E-state index contributed by atoms with van der Waals surface area (Å²) in [4.78, 5) is 12.1. The van der Waals surface area contributed by atoms with E-state index in [-0.39, 0.29) is 11.7 Å². The van der Waals surface area contributed by atoms with E-state index < -0.39 is 6.67 Å². The summed E-state index contributed by atoms with van der Waals surface area (Å²) in [5.74, 6) is 0.413. The number of carbonyl (C=O) groups is 1. The normalized spacial score (nSPS) is 17.0. The van der Waals surface area contributed by atoms with E-state index in [2.05, 4.69) is 5.32 Å². The summed E-state index contributed by atoms with van der Waals surface area (Å²) >= 11 is 0. The number of halogens is 1. The number of carbonyl (C=O) groups excluding carboxylic acids is 1. The van der Waals surface area contributed by atoms with Crippen molar-refractivity contribution in [2.45, 2.75) is 25.9 Å². The number of hydrogen-bond donors (Lipinski definition) is 1. The molecule has 0 bridgehead atoms. The third-order valence-electron chi connectivity index (χ3n) is 3.42. The fourth-order valence-corrected chi connectivity index (χ4v) is 2.34. The van der Waals surface area contributed by atoms with Crippen molar-refractivity contribution >= 4 is 5.78 Å². The molecule has 1 aromatic rings. The predicted molar refractivity (Wildman–Crippen MR) is 65.6 cm³/mol. The Morgan fingerprint density at radius 3 is 2.53 bits per heavy atom. The lowest BCUT2D eigenvalue weighted by atomic mass is 9.89. The molecule has 1 N–H and O–H groups in total. The molecule has 0 unspecified atom stereocenters. The van der Waals surface area contributed by atoms with E-state index >= 15 is 0 Å². The first-order valence-electron chi connectivity index (χ1n) is 6.17. The molecule has 1 aliphatic heterocycles. The van der Waals surface area contributed by atoms with Crippen molar-refractivity contribution in [2.75, 3.05) is 13.1 Å². The van der Waals surface area contributed by atoms with Gasteiger partial charge < -0.3 is 5.32 Å². The van der Waals surface area contributed by atoms with Crippen LogP contribution in [-0.2, 0) is 17.9 Å². The van der Waals surface area contributed by atoms with Gasteiger partial charge in [-0.15, -0.1) is 0 Å². The molecular formula is C14H18FNO. The van der Waals surface area contributed by atoms with Crippen LogP contribution >= 0.6 is 0 Å². The number of piperidine rings is 1. The van der Waals surface area contributed by atoms with Gasteiger partial charge in [0.1, 0.15) is 12.5 Å². The summed E-state index contributed by atoms with van der Waals surface area (Å²) < 4.78 is 12.8. The Bertz CT molecular complexity index is 386. The van der Waals surface area contributed by atoms with Crippen molar-refractivity contribution in [3.63, 3.8) is 0 Å². The van der Waals surface area contributed by atoms with Gasteiger partial charge in [-0.05, 0) is 37.1 Å². The first-order valence-corrected chi connectivity index (χ1v) is 6.17. The van der Waals surface area contributed by atoms with Gasteiger partial charge in [0.05, 0.1) is 0 Å². The lowest BCUT2D eigenvalue weighted by Crippen LogP contribution is -2.32. The summed E-state index contributed by atoms with van der Waals surface area (Å²) in [7, 11) is 0. The molecule has 0 spiro atoms. The van der Waals surface area contributed by atoms with Gasteiger partial charge >= 0.3 is 0 Å². The molecule has 2 nitrogen and oxygen atoms in total. The molecule has 0 aliphatic carbocycles. The quantitative estimate of drug-likeness (QED) is 0.867. The van der Waals surface area contributed by atoms with E-state index in [1.165, 1.54) is 0 Å². The largest absolute Gasteiger partial charge is 0.317 e. The van der Waals surface area contributed by atoms with Gasteiger partial charge in [0, 0.05) is 12.3 Å². The topological polar surface area (TPSA) is 29.1 Å². The zero-order valence-corrected chi connectivity index (χ0v) is 9.92. The first kappa shape index (κ1) is 12.2. The zero-order valence-electron chi connectivity index (χ0n) is 9.92. The van der Waals surface area contributed by atoms with Crippen molar-refractivity contribution in [1.29, 1.82) is 0 Å². The SMILES string of the molecule is O=C(Cc1ccccc1CF)C1CCNCC1. The van der Waals surface area contributed by atoms with E-state index in [1.807, 2.05) is 18.2 Å². The molecule has 1 fully saturated rings. The van der Waals surface area contributed by atoms with E-state index in [1.54, 1.807) is 6.07 Å². The van der Waals surface area contributed by atoms with Gasteiger partial charge in [-0.1, -0.05) is 24.3 Å². The van der Waals surface area contributed by atoms with Crippen LogP contribution in [0, 0.1) is 5.92 Å². The summed E-state index contributed by atoms with van der Waals surface area (Å²) in [6.45, 7) is 1.35. The van der Waals surface area contributed by atoms with Crippen molar-refractivity contribution in [1.82, 2.24) is 5.32 Å². The van der Waals surface area contributed by atoms with E-state index in [4.69, 9.17) is 0 Å². The fraction of sp³-hybridized carbons (Fsp3) is 0.500. The van der Waals surface area contributed by atoms with Crippen LogP contribution in [0.5, 0.6) is 0 Å². The molecule has 17 heavy (non-hydrogen) atoms. The molecule has 1 saturated heterocycles. The second kappa shape index (κ2) is 5.92.